The Kier molecular flexibility index (Phi) is 4.89. The van der Waals surface area contributed by atoms with Gasteiger partial charge < -0.3 is 10.1 Å². The minimum atomic E-state index is 0.280. The van der Waals surface area contributed by atoms with Crippen LogP contribution in [0.2, 0.25) is 0 Å². The number of aryl methyl sites for hydroxylation is 3. The highest BCUT2D eigenvalue weighted by Gasteiger charge is 2.10. The maximum absolute atomic E-state index is 5.47. The van der Waals surface area contributed by atoms with Crippen LogP contribution in [0.15, 0.2) is 36.4 Å². The first-order valence-electron chi connectivity index (χ1n) is 7.58. The molecule has 0 fully saturated rings. The molecule has 2 rings (SSSR count). The van der Waals surface area contributed by atoms with Crippen molar-refractivity contribution in [1.82, 2.24) is 0 Å². The van der Waals surface area contributed by atoms with Gasteiger partial charge in [0.1, 0.15) is 5.75 Å². The first-order chi connectivity index (χ1) is 10.0. The third-order valence-corrected chi connectivity index (χ3v) is 3.90. The molecule has 0 amide bonds. The fourth-order valence-corrected chi connectivity index (χ4v) is 2.59. The zero-order valence-corrected chi connectivity index (χ0v) is 13.7. The monoisotopic (exact) mass is 283 g/mol. The highest BCUT2D eigenvalue weighted by molar-refractivity contribution is 5.49. The molecule has 0 radical (unpaired) electrons. The summed E-state index contributed by atoms with van der Waals surface area (Å²) in [5.74, 6) is 0.915. The van der Waals surface area contributed by atoms with Gasteiger partial charge >= 0.3 is 0 Å². The van der Waals surface area contributed by atoms with Gasteiger partial charge in [0.15, 0.2) is 0 Å². The number of rotatable bonds is 5. The molecular weight excluding hydrogens is 258 g/mol. The smallest absolute Gasteiger partial charge is 0.119 e. The van der Waals surface area contributed by atoms with Crippen molar-refractivity contribution < 1.29 is 4.74 Å². The fraction of sp³-hybridized carbons (Fsp3) is 0.368. The van der Waals surface area contributed by atoms with Crippen LogP contribution in [-0.4, -0.2) is 6.61 Å². The summed E-state index contributed by atoms with van der Waals surface area (Å²) in [7, 11) is 0. The van der Waals surface area contributed by atoms with Crippen LogP contribution in [0.5, 0.6) is 5.75 Å². The van der Waals surface area contributed by atoms with E-state index in [-0.39, 0.29) is 6.04 Å². The van der Waals surface area contributed by atoms with E-state index in [0.717, 1.165) is 11.4 Å². The highest BCUT2D eigenvalue weighted by Crippen LogP contribution is 2.25. The van der Waals surface area contributed by atoms with Gasteiger partial charge in [-0.25, -0.2) is 0 Å². The average molecular weight is 283 g/mol. The molecule has 2 aromatic rings. The number of nitrogens with one attached hydrogen (secondary N) is 1. The molecule has 112 valence electrons. The summed E-state index contributed by atoms with van der Waals surface area (Å²) >= 11 is 0. The summed E-state index contributed by atoms with van der Waals surface area (Å²) in [6.07, 6.45) is 0. The van der Waals surface area contributed by atoms with Crippen LogP contribution >= 0.6 is 0 Å². The Labute approximate surface area is 128 Å². The Hall–Kier alpha value is -1.96. The van der Waals surface area contributed by atoms with Gasteiger partial charge in [-0.3, -0.25) is 0 Å². The van der Waals surface area contributed by atoms with Crippen LogP contribution in [-0.2, 0) is 0 Å². The summed E-state index contributed by atoms with van der Waals surface area (Å²) in [6.45, 7) is 11.4. The van der Waals surface area contributed by atoms with E-state index >= 15 is 0 Å². The molecule has 0 aliphatic heterocycles. The minimum Gasteiger partial charge on any atom is -0.494 e. The van der Waals surface area contributed by atoms with Crippen molar-refractivity contribution in [3.63, 3.8) is 0 Å². The van der Waals surface area contributed by atoms with E-state index in [1.165, 1.54) is 22.3 Å². The molecule has 2 aromatic carbocycles. The third-order valence-electron chi connectivity index (χ3n) is 3.90. The molecule has 0 saturated heterocycles. The second kappa shape index (κ2) is 6.66. The molecule has 21 heavy (non-hydrogen) atoms. The summed E-state index contributed by atoms with van der Waals surface area (Å²) in [6, 6.07) is 13.0. The van der Waals surface area contributed by atoms with E-state index in [2.05, 4.69) is 57.3 Å². The van der Waals surface area contributed by atoms with Crippen LogP contribution in [0.3, 0.4) is 0 Å². The Morgan fingerprint density at radius 1 is 0.952 bits per heavy atom. The molecule has 0 heterocycles. The van der Waals surface area contributed by atoms with Crippen molar-refractivity contribution >= 4 is 5.69 Å². The van der Waals surface area contributed by atoms with Gasteiger partial charge in [0.05, 0.1) is 6.61 Å². The normalized spacial score (nSPS) is 12.0. The lowest BCUT2D eigenvalue weighted by molar-refractivity contribution is 0.340. The Balaban J connectivity index is 2.14. The predicted molar refractivity (Wildman–Crippen MR) is 90.3 cm³/mol. The molecule has 0 spiro atoms. The van der Waals surface area contributed by atoms with E-state index < -0.39 is 0 Å². The van der Waals surface area contributed by atoms with Crippen molar-refractivity contribution in [2.24, 2.45) is 0 Å². The van der Waals surface area contributed by atoms with Crippen LogP contribution in [0.4, 0.5) is 5.69 Å². The summed E-state index contributed by atoms with van der Waals surface area (Å²) in [5.41, 5.74) is 6.50. The van der Waals surface area contributed by atoms with Crippen LogP contribution in [0.25, 0.3) is 0 Å². The minimum absolute atomic E-state index is 0.280. The quantitative estimate of drug-likeness (QED) is 0.816. The lowest BCUT2D eigenvalue weighted by Crippen LogP contribution is -2.09. The van der Waals surface area contributed by atoms with Gasteiger partial charge in [0.2, 0.25) is 0 Å². The zero-order valence-electron chi connectivity index (χ0n) is 13.7. The maximum Gasteiger partial charge on any atom is 0.119 e. The van der Waals surface area contributed by atoms with Crippen molar-refractivity contribution in [2.45, 2.75) is 40.7 Å². The average Bonchev–Trinajstić information content (AvgIpc) is 2.45. The topological polar surface area (TPSA) is 21.3 Å². The lowest BCUT2D eigenvalue weighted by atomic mass is 9.96. The molecular formula is C19H25NO. The van der Waals surface area contributed by atoms with Gasteiger partial charge in [0, 0.05) is 11.7 Å². The van der Waals surface area contributed by atoms with Crippen molar-refractivity contribution in [1.29, 1.82) is 0 Å². The van der Waals surface area contributed by atoms with Gasteiger partial charge in [0.25, 0.3) is 0 Å². The van der Waals surface area contributed by atoms with E-state index in [1.54, 1.807) is 0 Å². The summed E-state index contributed by atoms with van der Waals surface area (Å²) < 4.78 is 5.47. The third kappa shape index (κ3) is 3.78. The molecule has 1 unspecified atom stereocenters. The van der Waals surface area contributed by atoms with Crippen molar-refractivity contribution in [3.05, 3.63) is 58.7 Å². The first-order valence-corrected chi connectivity index (χ1v) is 7.58. The summed E-state index contributed by atoms with van der Waals surface area (Å²) in [4.78, 5) is 0. The Bertz CT molecular complexity index is 602. The maximum atomic E-state index is 5.47. The number of hydrogen-bond donors (Lipinski definition) is 1. The molecule has 0 bridgehead atoms. The van der Waals surface area contributed by atoms with Crippen molar-refractivity contribution in [2.75, 3.05) is 11.9 Å². The zero-order chi connectivity index (χ0) is 15.4. The summed E-state index contributed by atoms with van der Waals surface area (Å²) in [5, 5.41) is 3.56. The number of ether oxygens (including phenoxy) is 1. The molecule has 0 saturated carbocycles. The van der Waals surface area contributed by atoms with Gasteiger partial charge in [-0.05, 0) is 81.1 Å². The number of hydrogen-bond acceptors (Lipinski definition) is 2. The predicted octanol–water partition coefficient (Wildman–Crippen LogP) is 5.18. The second-order valence-electron chi connectivity index (χ2n) is 5.62. The molecule has 1 atom stereocenters. The molecule has 2 nitrogen and oxygen atoms in total. The molecule has 0 aliphatic rings. The van der Waals surface area contributed by atoms with E-state index in [9.17, 15) is 0 Å². The SMILES string of the molecule is CCOc1ccc(NC(C)c2cc(C)c(C)cc2C)cc1. The molecule has 0 aromatic heterocycles. The van der Waals surface area contributed by atoms with Crippen LogP contribution in [0, 0.1) is 20.8 Å². The van der Waals surface area contributed by atoms with Crippen LogP contribution in [0.1, 0.15) is 42.1 Å². The molecule has 2 heteroatoms. The number of anilines is 1. The van der Waals surface area contributed by atoms with Crippen molar-refractivity contribution in [3.8, 4) is 5.75 Å². The van der Waals surface area contributed by atoms with Gasteiger partial charge in [-0.2, -0.15) is 0 Å². The first kappa shape index (κ1) is 15.4. The Morgan fingerprint density at radius 2 is 1.57 bits per heavy atom. The molecule has 1 N–H and O–H groups in total. The standard InChI is InChI=1S/C19H25NO/c1-6-21-18-9-7-17(8-10-18)20-16(5)19-12-14(3)13(2)11-15(19)4/h7-12,16,20H,6H2,1-5H3. The highest BCUT2D eigenvalue weighted by atomic mass is 16.5. The van der Waals surface area contributed by atoms with E-state index in [0.29, 0.717) is 6.61 Å². The Morgan fingerprint density at radius 3 is 2.19 bits per heavy atom. The largest absolute Gasteiger partial charge is 0.494 e. The van der Waals surface area contributed by atoms with E-state index in [4.69, 9.17) is 4.74 Å². The fourth-order valence-electron chi connectivity index (χ4n) is 2.59. The lowest BCUT2D eigenvalue weighted by Gasteiger charge is -2.19. The number of benzene rings is 2. The van der Waals surface area contributed by atoms with Gasteiger partial charge in [-0.1, -0.05) is 12.1 Å². The molecule has 0 aliphatic carbocycles. The van der Waals surface area contributed by atoms with Crippen LogP contribution < -0.4 is 10.1 Å². The van der Waals surface area contributed by atoms with E-state index in [1.807, 2.05) is 19.1 Å². The van der Waals surface area contributed by atoms with Gasteiger partial charge in [-0.15, -0.1) is 0 Å². The second-order valence-corrected chi connectivity index (χ2v) is 5.62.